The average molecular weight is 433 g/mol. The van der Waals surface area contributed by atoms with E-state index in [9.17, 15) is 13.2 Å². The van der Waals surface area contributed by atoms with Gasteiger partial charge in [0, 0.05) is 12.1 Å². The third-order valence-electron chi connectivity index (χ3n) is 5.26. The fraction of sp³-hybridized carbons (Fsp3) is 0.409. The highest BCUT2D eigenvalue weighted by Crippen LogP contribution is 2.29. The van der Waals surface area contributed by atoms with E-state index in [1.54, 1.807) is 0 Å². The highest BCUT2D eigenvalue weighted by atomic mass is 32.2. The normalized spacial score (nSPS) is 15.5. The summed E-state index contributed by atoms with van der Waals surface area (Å²) in [5.41, 5.74) is 0.874. The van der Waals surface area contributed by atoms with Crippen molar-refractivity contribution in [2.75, 3.05) is 14.2 Å². The fourth-order valence-corrected chi connectivity index (χ4v) is 4.86. The topological polar surface area (TPSA) is 93.7 Å². The van der Waals surface area contributed by atoms with E-state index in [0.717, 1.165) is 31.2 Å². The van der Waals surface area contributed by atoms with Gasteiger partial charge in [0.05, 0.1) is 19.1 Å². The minimum absolute atomic E-state index is 0.00637. The Bertz CT molecular complexity index is 957. The summed E-state index contributed by atoms with van der Waals surface area (Å²) >= 11 is 0. The quantitative estimate of drug-likeness (QED) is 0.635. The monoisotopic (exact) mass is 432 g/mol. The van der Waals surface area contributed by atoms with Gasteiger partial charge < -0.3 is 14.8 Å². The Morgan fingerprint density at radius 1 is 1.03 bits per heavy atom. The van der Waals surface area contributed by atoms with Crippen LogP contribution < -0.4 is 19.5 Å². The Morgan fingerprint density at radius 3 is 2.33 bits per heavy atom. The maximum atomic E-state index is 13.1. The molecule has 0 radical (unpaired) electrons. The highest BCUT2D eigenvalue weighted by Gasteiger charge is 2.29. The number of hydrogen-bond donors (Lipinski definition) is 2. The van der Waals surface area contributed by atoms with Gasteiger partial charge in [0.25, 0.3) is 0 Å². The van der Waals surface area contributed by atoms with Gasteiger partial charge in [-0.15, -0.1) is 0 Å². The molecule has 1 atom stereocenters. The molecule has 0 unspecified atom stereocenters. The van der Waals surface area contributed by atoms with Crippen molar-refractivity contribution in [2.45, 2.75) is 49.1 Å². The van der Waals surface area contributed by atoms with E-state index in [1.807, 2.05) is 30.3 Å². The van der Waals surface area contributed by atoms with Crippen LogP contribution in [0.15, 0.2) is 53.4 Å². The van der Waals surface area contributed by atoms with Crippen molar-refractivity contribution in [1.29, 1.82) is 0 Å². The smallest absolute Gasteiger partial charge is 0.241 e. The Hall–Kier alpha value is -2.58. The summed E-state index contributed by atoms with van der Waals surface area (Å²) in [5, 5.41) is 3.00. The van der Waals surface area contributed by atoms with Crippen LogP contribution in [0.3, 0.4) is 0 Å². The first-order chi connectivity index (χ1) is 14.4. The summed E-state index contributed by atoms with van der Waals surface area (Å²) < 4.78 is 39.1. The Balaban J connectivity index is 1.84. The zero-order chi connectivity index (χ0) is 21.6. The molecule has 2 N–H and O–H groups in total. The standard InChI is InChI=1S/C22H28N2O5S/c1-28-20-13-12-18(15-21(20)29-2)30(26,27)24-19(14-16-8-4-3-5-9-16)22(25)23-17-10-6-7-11-17/h3-5,8-9,12-13,15,17,19,24H,6-7,10-11,14H2,1-2H3,(H,23,25)/t19-/m1/s1. The van der Waals surface area contributed by atoms with Crippen LogP contribution in [0.4, 0.5) is 0 Å². The largest absolute Gasteiger partial charge is 0.493 e. The van der Waals surface area contributed by atoms with E-state index in [0.29, 0.717) is 11.5 Å². The average Bonchev–Trinajstić information content (AvgIpc) is 3.26. The number of carbonyl (C=O) groups excluding carboxylic acids is 1. The predicted octanol–water partition coefficient (Wildman–Crippen LogP) is 2.65. The number of rotatable bonds is 9. The number of hydrogen-bond acceptors (Lipinski definition) is 5. The molecule has 0 spiro atoms. The Labute approximate surface area is 177 Å². The molecule has 30 heavy (non-hydrogen) atoms. The predicted molar refractivity (Wildman–Crippen MR) is 114 cm³/mol. The van der Waals surface area contributed by atoms with Crippen molar-refractivity contribution >= 4 is 15.9 Å². The summed E-state index contributed by atoms with van der Waals surface area (Å²) in [4.78, 5) is 13.0. The number of nitrogens with one attached hydrogen (secondary N) is 2. The van der Waals surface area contributed by atoms with Gasteiger partial charge in [0.2, 0.25) is 15.9 Å². The van der Waals surface area contributed by atoms with Crippen molar-refractivity contribution in [3.8, 4) is 11.5 Å². The van der Waals surface area contributed by atoms with E-state index in [4.69, 9.17) is 9.47 Å². The lowest BCUT2D eigenvalue weighted by molar-refractivity contribution is -0.123. The molecule has 1 saturated carbocycles. The lowest BCUT2D eigenvalue weighted by Gasteiger charge is -2.21. The zero-order valence-corrected chi connectivity index (χ0v) is 18.1. The summed E-state index contributed by atoms with van der Waals surface area (Å²) in [6.45, 7) is 0. The third-order valence-corrected chi connectivity index (χ3v) is 6.73. The molecule has 1 aliphatic carbocycles. The summed E-state index contributed by atoms with van der Waals surface area (Å²) in [7, 11) is -1.04. The first-order valence-corrected chi connectivity index (χ1v) is 11.5. The first-order valence-electron chi connectivity index (χ1n) is 10.0. The van der Waals surface area contributed by atoms with Crippen LogP contribution in [0.2, 0.25) is 0 Å². The maximum absolute atomic E-state index is 13.1. The molecular formula is C22H28N2O5S. The van der Waals surface area contributed by atoms with Gasteiger partial charge in [-0.05, 0) is 37.0 Å². The van der Waals surface area contributed by atoms with Crippen molar-refractivity contribution in [3.05, 3.63) is 54.1 Å². The molecule has 1 fully saturated rings. The number of benzene rings is 2. The van der Waals surface area contributed by atoms with Crippen LogP contribution >= 0.6 is 0 Å². The van der Waals surface area contributed by atoms with E-state index in [-0.39, 0.29) is 23.3 Å². The maximum Gasteiger partial charge on any atom is 0.241 e. The summed E-state index contributed by atoms with van der Waals surface area (Å²) in [5.74, 6) is 0.418. The van der Waals surface area contributed by atoms with Crippen molar-refractivity contribution in [2.24, 2.45) is 0 Å². The van der Waals surface area contributed by atoms with Crippen molar-refractivity contribution in [3.63, 3.8) is 0 Å². The molecule has 0 bridgehead atoms. The lowest BCUT2D eigenvalue weighted by atomic mass is 10.1. The van der Waals surface area contributed by atoms with Crippen LogP contribution in [0.1, 0.15) is 31.2 Å². The van der Waals surface area contributed by atoms with Gasteiger partial charge in [-0.3, -0.25) is 4.79 Å². The second-order valence-corrected chi connectivity index (χ2v) is 9.08. The van der Waals surface area contributed by atoms with Crippen molar-refractivity contribution < 1.29 is 22.7 Å². The molecule has 0 aliphatic heterocycles. The molecule has 1 amide bonds. The van der Waals surface area contributed by atoms with Gasteiger partial charge in [0.15, 0.2) is 11.5 Å². The molecular weight excluding hydrogens is 404 g/mol. The van der Waals surface area contributed by atoms with Gasteiger partial charge in [-0.25, -0.2) is 8.42 Å². The summed E-state index contributed by atoms with van der Waals surface area (Å²) in [6.07, 6.45) is 4.25. The van der Waals surface area contributed by atoms with Crippen LogP contribution in [0.5, 0.6) is 11.5 Å². The number of sulfonamides is 1. The minimum Gasteiger partial charge on any atom is -0.493 e. The fourth-order valence-electron chi connectivity index (χ4n) is 3.65. The lowest BCUT2D eigenvalue weighted by Crippen LogP contribution is -2.50. The van der Waals surface area contributed by atoms with Gasteiger partial charge >= 0.3 is 0 Å². The number of amides is 1. The number of carbonyl (C=O) groups is 1. The van der Waals surface area contributed by atoms with Gasteiger partial charge in [-0.1, -0.05) is 43.2 Å². The minimum atomic E-state index is -3.96. The molecule has 7 nitrogen and oxygen atoms in total. The van der Waals surface area contributed by atoms with E-state index in [2.05, 4.69) is 10.0 Å². The molecule has 2 aromatic carbocycles. The van der Waals surface area contributed by atoms with Crippen LogP contribution in [-0.4, -0.2) is 40.6 Å². The van der Waals surface area contributed by atoms with Crippen molar-refractivity contribution in [1.82, 2.24) is 10.0 Å². The van der Waals surface area contributed by atoms with Crippen LogP contribution in [-0.2, 0) is 21.2 Å². The second kappa shape index (κ2) is 9.95. The number of ether oxygens (including phenoxy) is 2. The Kier molecular flexibility index (Phi) is 7.33. The zero-order valence-electron chi connectivity index (χ0n) is 17.3. The molecule has 8 heteroatoms. The Morgan fingerprint density at radius 2 is 1.70 bits per heavy atom. The van der Waals surface area contributed by atoms with E-state index < -0.39 is 16.1 Å². The second-order valence-electron chi connectivity index (χ2n) is 7.37. The molecule has 0 aromatic heterocycles. The molecule has 1 aliphatic rings. The molecule has 0 heterocycles. The molecule has 0 saturated heterocycles. The van der Waals surface area contributed by atoms with E-state index >= 15 is 0 Å². The molecule has 3 rings (SSSR count). The van der Waals surface area contributed by atoms with Gasteiger partial charge in [-0.2, -0.15) is 4.72 Å². The molecule has 2 aromatic rings. The SMILES string of the molecule is COc1ccc(S(=O)(=O)N[C@H](Cc2ccccc2)C(=O)NC2CCCC2)cc1OC. The van der Waals surface area contributed by atoms with Gasteiger partial charge in [0.1, 0.15) is 6.04 Å². The summed E-state index contributed by atoms with van der Waals surface area (Å²) in [6, 6.07) is 12.9. The van der Waals surface area contributed by atoms with Crippen LogP contribution in [0.25, 0.3) is 0 Å². The number of methoxy groups -OCH3 is 2. The highest BCUT2D eigenvalue weighted by molar-refractivity contribution is 7.89. The van der Waals surface area contributed by atoms with Crippen LogP contribution in [0, 0.1) is 0 Å². The van der Waals surface area contributed by atoms with E-state index in [1.165, 1.54) is 32.4 Å². The molecule has 162 valence electrons. The third kappa shape index (κ3) is 5.52. The first kappa shape index (κ1) is 22.1.